The number of hydrogen-bond acceptors (Lipinski definition) is 2. The Hall–Kier alpha value is -1.79. The fourth-order valence-corrected chi connectivity index (χ4v) is 1.39. The van der Waals surface area contributed by atoms with Crippen molar-refractivity contribution < 1.29 is 9.90 Å². The van der Waals surface area contributed by atoms with E-state index in [0.717, 1.165) is 11.1 Å². The molecule has 1 amide bonds. The average molecular weight is 231 g/mol. The fourth-order valence-electron chi connectivity index (χ4n) is 1.39. The Bertz CT molecular complexity index is 467. The van der Waals surface area contributed by atoms with Gasteiger partial charge in [-0.15, -0.1) is 0 Å². The van der Waals surface area contributed by atoms with Crippen molar-refractivity contribution >= 4 is 5.91 Å². The van der Waals surface area contributed by atoms with Gasteiger partial charge in [-0.1, -0.05) is 17.9 Å². The predicted molar refractivity (Wildman–Crippen MR) is 67.8 cm³/mol. The number of carbonyl (C=O) groups excluding carboxylic acids is 1. The van der Waals surface area contributed by atoms with Crippen molar-refractivity contribution in [3.63, 3.8) is 0 Å². The molecule has 0 spiro atoms. The number of aryl methyl sites for hydroxylation is 1. The number of aliphatic hydroxyl groups excluding tert-OH is 1. The van der Waals surface area contributed by atoms with Crippen molar-refractivity contribution in [1.82, 2.24) is 4.90 Å². The van der Waals surface area contributed by atoms with Gasteiger partial charge in [0.05, 0.1) is 6.61 Å². The van der Waals surface area contributed by atoms with Gasteiger partial charge >= 0.3 is 0 Å². The van der Waals surface area contributed by atoms with E-state index in [2.05, 4.69) is 11.8 Å². The molecule has 3 heteroatoms. The smallest absolute Gasteiger partial charge is 0.253 e. The zero-order valence-corrected chi connectivity index (χ0v) is 10.4. The highest BCUT2D eigenvalue weighted by Gasteiger charge is 2.10. The van der Waals surface area contributed by atoms with E-state index >= 15 is 0 Å². The monoisotopic (exact) mass is 231 g/mol. The van der Waals surface area contributed by atoms with Crippen LogP contribution in [0.25, 0.3) is 0 Å². The van der Waals surface area contributed by atoms with Crippen LogP contribution in [0.3, 0.4) is 0 Å². The van der Waals surface area contributed by atoms with Crippen molar-refractivity contribution in [3.8, 4) is 11.8 Å². The van der Waals surface area contributed by atoms with Crippen molar-refractivity contribution in [1.29, 1.82) is 0 Å². The highest BCUT2D eigenvalue weighted by molar-refractivity contribution is 5.95. The third kappa shape index (κ3) is 3.61. The summed E-state index contributed by atoms with van der Waals surface area (Å²) in [6.45, 7) is 1.96. The van der Waals surface area contributed by atoms with Crippen LogP contribution in [0.4, 0.5) is 0 Å². The van der Waals surface area contributed by atoms with Crippen LogP contribution in [0, 0.1) is 18.8 Å². The first kappa shape index (κ1) is 13.3. The van der Waals surface area contributed by atoms with Gasteiger partial charge < -0.3 is 10.0 Å². The molecule has 0 aliphatic heterocycles. The summed E-state index contributed by atoms with van der Waals surface area (Å²) in [5, 5.41) is 8.64. The second-order valence-corrected chi connectivity index (χ2v) is 4.00. The number of benzene rings is 1. The van der Waals surface area contributed by atoms with Gasteiger partial charge in [0.1, 0.15) is 0 Å². The van der Waals surface area contributed by atoms with E-state index in [9.17, 15) is 4.79 Å². The van der Waals surface area contributed by atoms with Gasteiger partial charge in [-0.2, -0.15) is 0 Å². The number of hydrogen-bond donors (Lipinski definition) is 1. The summed E-state index contributed by atoms with van der Waals surface area (Å²) in [6, 6.07) is 5.56. The van der Waals surface area contributed by atoms with Crippen LogP contribution in [0.2, 0.25) is 0 Å². The SMILES string of the molecule is Cc1ccc(C#CCCO)cc1C(=O)N(C)C. The lowest BCUT2D eigenvalue weighted by atomic mass is 10.0. The quantitative estimate of drug-likeness (QED) is 0.782. The third-order valence-electron chi connectivity index (χ3n) is 2.34. The van der Waals surface area contributed by atoms with E-state index in [0.29, 0.717) is 12.0 Å². The molecule has 1 aromatic rings. The molecule has 1 N–H and O–H groups in total. The molecule has 0 aliphatic carbocycles. The zero-order chi connectivity index (χ0) is 12.8. The van der Waals surface area contributed by atoms with Gasteiger partial charge in [0.2, 0.25) is 0 Å². The van der Waals surface area contributed by atoms with Crippen molar-refractivity contribution in [3.05, 3.63) is 34.9 Å². The number of rotatable bonds is 2. The van der Waals surface area contributed by atoms with Crippen LogP contribution in [0.1, 0.15) is 27.9 Å². The molecule has 0 unspecified atom stereocenters. The molecule has 1 rings (SSSR count). The lowest BCUT2D eigenvalue weighted by Crippen LogP contribution is -2.22. The summed E-state index contributed by atoms with van der Waals surface area (Å²) >= 11 is 0. The minimum absolute atomic E-state index is 0.0201. The van der Waals surface area contributed by atoms with Crippen molar-refractivity contribution in [2.75, 3.05) is 20.7 Å². The maximum Gasteiger partial charge on any atom is 0.253 e. The second kappa shape index (κ2) is 6.07. The Morgan fingerprint density at radius 2 is 2.12 bits per heavy atom. The number of aliphatic hydroxyl groups is 1. The van der Waals surface area contributed by atoms with Crippen molar-refractivity contribution in [2.24, 2.45) is 0 Å². The van der Waals surface area contributed by atoms with E-state index in [1.807, 2.05) is 19.1 Å². The van der Waals surface area contributed by atoms with E-state index in [1.165, 1.54) is 0 Å². The molecule has 0 saturated carbocycles. The largest absolute Gasteiger partial charge is 0.395 e. The lowest BCUT2D eigenvalue weighted by Gasteiger charge is -2.12. The third-order valence-corrected chi connectivity index (χ3v) is 2.34. The molecular weight excluding hydrogens is 214 g/mol. The number of carbonyl (C=O) groups is 1. The summed E-state index contributed by atoms with van der Waals surface area (Å²) in [6.07, 6.45) is 0.449. The first-order valence-electron chi connectivity index (χ1n) is 5.48. The number of nitrogens with zero attached hydrogens (tertiary/aromatic N) is 1. The van der Waals surface area contributed by atoms with E-state index < -0.39 is 0 Å². The minimum Gasteiger partial charge on any atom is -0.395 e. The molecule has 0 bridgehead atoms. The Morgan fingerprint density at radius 1 is 1.41 bits per heavy atom. The Balaban J connectivity index is 3.04. The first-order valence-corrected chi connectivity index (χ1v) is 5.48. The lowest BCUT2D eigenvalue weighted by molar-refractivity contribution is 0.0827. The highest BCUT2D eigenvalue weighted by atomic mass is 16.2. The maximum atomic E-state index is 11.9. The van der Waals surface area contributed by atoms with Crippen LogP contribution >= 0.6 is 0 Å². The highest BCUT2D eigenvalue weighted by Crippen LogP contribution is 2.12. The summed E-state index contributed by atoms with van der Waals surface area (Å²) in [7, 11) is 3.46. The van der Waals surface area contributed by atoms with E-state index in [-0.39, 0.29) is 12.5 Å². The van der Waals surface area contributed by atoms with Crippen LogP contribution in [-0.2, 0) is 0 Å². The van der Waals surface area contributed by atoms with Gasteiger partial charge in [-0.25, -0.2) is 0 Å². The van der Waals surface area contributed by atoms with Crippen LogP contribution in [0.5, 0.6) is 0 Å². The molecule has 0 fully saturated rings. The molecule has 0 radical (unpaired) electrons. The molecule has 0 heterocycles. The zero-order valence-electron chi connectivity index (χ0n) is 10.4. The summed E-state index contributed by atoms with van der Waals surface area (Å²) in [5.74, 6) is 5.75. The molecule has 0 atom stereocenters. The second-order valence-electron chi connectivity index (χ2n) is 4.00. The molecule has 3 nitrogen and oxygen atoms in total. The van der Waals surface area contributed by atoms with E-state index in [4.69, 9.17) is 5.11 Å². The topological polar surface area (TPSA) is 40.5 Å². The normalized spacial score (nSPS) is 9.41. The van der Waals surface area contributed by atoms with Crippen LogP contribution in [-0.4, -0.2) is 36.6 Å². The summed E-state index contributed by atoms with van der Waals surface area (Å²) in [4.78, 5) is 13.4. The minimum atomic E-state index is -0.0201. The predicted octanol–water partition coefficient (Wildman–Crippen LogP) is 1.43. The fraction of sp³-hybridized carbons (Fsp3) is 0.357. The molecule has 0 saturated heterocycles. The molecular formula is C14H17NO2. The van der Waals surface area contributed by atoms with Gasteiger partial charge in [-0.3, -0.25) is 4.79 Å². The van der Waals surface area contributed by atoms with E-state index in [1.54, 1.807) is 25.1 Å². The van der Waals surface area contributed by atoms with Gasteiger partial charge in [0.15, 0.2) is 0 Å². The molecule has 90 valence electrons. The Labute approximate surface area is 102 Å². The molecule has 0 aromatic heterocycles. The first-order chi connectivity index (χ1) is 8.06. The summed E-state index contributed by atoms with van der Waals surface area (Å²) in [5.41, 5.74) is 2.41. The van der Waals surface area contributed by atoms with Gasteiger partial charge in [0.25, 0.3) is 5.91 Å². The van der Waals surface area contributed by atoms with Crippen LogP contribution < -0.4 is 0 Å². The number of amides is 1. The average Bonchev–Trinajstić information content (AvgIpc) is 2.30. The van der Waals surface area contributed by atoms with Gasteiger partial charge in [-0.05, 0) is 24.6 Å². The Kier molecular flexibility index (Phi) is 4.74. The molecule has 17 heavy (non-hydrogen) atoms. The molecule has 0 aliphatic rings. The van der Waals surface area contributed by atoms with Gasteiger partial charge in [0, 0.05) is 31.6 Å². The van der Waals surface area contributed by atoms with Crippen molar-refractivity contribution in [2.45, 2.75) is 13.3 Å². The standard InChI is InChI=1S/C14H17NO2/c1-11-7-8-12(6-4-5-9-16)10-13(11)14(17)15(2)3/h7-8,10,16H,5,9H2,1-3H3. The molecule has 1 aromatic carbocycles. The van der Waals surface area contributed by atoms with Crippen LogP contribution in [0.15, 0.2) is 18.2 Å². The maximum absolute atomic E-state index is 11.9. The Morgan fingerprint density at radius 3 is 2.71 bits per heavy atom. The summed E-state index contributed by atoms with van der Waals surface area (Å²) < 4.78 is 0.